The van der Waals surface area contributed by atoms with E-state index in [2.05, 4.69) is 4.99 Å². The lowest BCUT2D eigenvalue weighted by Crippen LogP contribution is -2.21. The molecule has 0 radical (unpaired) electrons. The van der Waals surface area contributed by atoms with Gasteiger partial charge >= 0.3 is 0 Å². The third kappa shape index (κ3) is 2.09. The summed E-state index contributed by atoms with van der Waals surface area (Å²) in [4.78, 5) is 15.0. The van der Waals surface area contributed by atoms with Crippen molar-refractivity contribution in [2.75, 3.05) is 13.9 Å². The van der Waals surface area contributed by atoms with Crippen molar-refractivity contribution in [1.82, 2.24) is 0 Å². The Hall–Kier alpha value is -1.84. The minimum absolute atomic E-state index is 0.231. The maximum Gasteiger partial charge on any atom is 0.235 e. The second kappa shape index (κ2) is 5.27. The van der Waals surface area contributed by atoms with Crippen LogP contribution >= 0.6 is 0 Å². The maximum absolute atomic E-state index is 10.9. The Labute approximate surface area is 117 Å². The molecule has 0 unspecified atom stereocenters. The molecule has 3 rings (SSSR count). The Morgan fingerprint density at radius 2 is 2.00 bits per heavy atom. The number of aliphatic imine (C=N–C) groups is 1. The van der Waals surface area contributed by atoms with E-state index in [1.54, 1.807) is 13.2 Å². The molecular formula is C15H17NO4. The minimum atomic E-state index is -0.476. The predicted molar refractivity (Wildman–Crippen MR) is 71.5 cm³/mol. The highest BCUT2D eigenvalue weighted by Gasteiger charge is 2.38. The molecule has 1 fully saturated rings. The number of carbonyl (C=O) groups excluding carboxylic acids is 1. The van der Waals surface area contributed by atoms with E-state index >= 15 is 0 Å². The molecule has 2 aliphatic rings. The van der Waals surface area contributed by atoms with Gasteiger partial charge in [-0.3, -0.25) is 0 Å². The summed E-state index contributed by atoms with van der Waals surface area (Å²) in [6.07, 6.45) is 5.59. The van der Waals surface area contributed by atoms with Gasteiger partial charge in [-0.1, -0.05) is 12.8 Å². The van der Waals surface area contributed by atoms with E-state index in [0.717, 1.165) is 42.6 Å². The zero-order chi connectivity index (χ0) is 14.0. The minimum Gasteiger partial charge on any atom is -0.454 e. The van der Waals surface area contributed by atoms with Crippen LogP contribution in [0.1, 0.15) is 36.8 Å². The molecule has 5 heteroatoms. The van der Waals surface area contributed by atoms with Gasteiger partial charge in [-0.25, -0.2) is 4.79 Å². The molecule has 1 aliphatic carbocycles. The number of rotatable bonds is 4. The van der Waals surface area contributed by atoms with Crippen LogP contribution in [0.2, 0.25) is 0 Å². The summed E-state index contributed by atoms with van der Waals surface area (Å²) in [5.41, 5.74) is 1.53. The van der Waals surface area contributed by atoms with Crippen LogP contribution in [0.3, 0.4) is 0 Å². The molecule has 0 saturated heterocycles. The lowest BCUT2D eigenvalue weighted by molar-refractivity contribution is 0.173. The van der Waals surface area contributed by atoms with Crippen molar-refractivity contribution in [3.63, 3.8) is 0 Å². The quantitative estimate of drug-likeness (QED) is 0.626. The van der Waals surface area contributed by atoms with Crippen LogP contribution in [0.15, 0.2) is 17.1 Å². The molecule has 5 nitrogen and oxygen atoms in total. The summed E-state index contributed by atoms with van der Waals surface area (Å²) in [6, 6.07) is 3.88. The van der Waals surface area contributed by atoms with E-state index in [1.807, 2.05) is 12.1 Å². The largest absolute Gasteiger partial charge is 0.454 e. The first-order chi connectivity index (χ1) is 9.79. The van der Waals surface area contributed by atoms with E-state index in [-0.39, 0.29) is 6.79 Å². The number of isocyanates is 1. The van der Waals surface area contributed by atoms with Crippen LogP contribution in [0.5, 0.6) is 11.5 Å². The van der Waals surface area contributed by atoms with Gasteiger partial charge in [0.15, 0.2) is 11.5 Å². The zero-order valence-electron chi connectivity index (χ0n) is 11.5. The highest BCUT2D eigenvalue weighted by atomic mass is 16.7. The molecule has 0 spiro atoms. The molecule has 0 bridgehead atoms. The van der Waals surface area contributed by atoms with Gasteiger partial charge in [0.1, 0.15) is 0 Å². The monoisotopic (exact) mass is 275 g/mol. The highest BCUT2D eigenvalue weighted by Crippen LogP contribution is 2.47. The van der Waals surface area contributed by atoms with E-state index in [0.29, 0.717) is 12.4 Å². The van der Waals surface area contributed by atoms with Gasteiger partial charge in [-0.15, -0.1) is 0 Å². The summed E-state index contributed by atoms with van der Waals surface area (Å²) in [6.45, 7) is 0.692. The molecule has 0 N–H and O–H groups in total. The summed E-state index contributed by atoms with van der Waals surface area (Å²) in [5.74, 6) is 1.44. The number of nitrogens with zero attached hydrogens (tertiary/aromatic N) is 1. The molecule has 1 heterocycles. The van der Waals surface area contributed by atoms with Gasteiger partial charge < -0.3 is 14.2 Å². The first kappa shape index (κ1) is 13.2. The lowest BCUT2D eigenvalue weighted by Gasteiger charge is -2.26. The average Bonchev–Trinajstić information content (AvgIpc) is 3.07. The van der Waals surface area contributed by atoms with Crippen molar-refractivity contribution in [3.8, 4) is 11.5 Å². The number of hydrogen-bond donors (Lipinski definition) is 0. The maximum atomic E-state index is 10.9. The van der Waals surface area contributed by atoms with Crippen molar-refractivity contribution in [3.05, 3.63) is 23.3 Å². The van der Waals surface area contributed by atoms with E-state index < -0.39 is 5.54 Å². The van der Waals surface area contributed by atoms with E-state index in [9.17, 15) is 4.79 Å². The predicted octanol–water partition coefficient (Wildman–Crippen LogP) is 2.67. The molecular weight excluding hydrogens is 258 g/mol. The SMILES string of the molecule is COCc1cc2c(cc1C1(N=C=O)CCCC1)OCO2. The number of benzene rings is 1. The Morgan fingerprint density at radius 3 is 2.65 bits per heavy atom. The van der Waals surface area contributed by atoms with E-state index in [4.69, 9.17) is 14.2 Å². The van der Waals surface area contributed by atoms with Crippen LogP contribution in [0, 0.1) is 0 Å². The molecule has 0 amide bonds. The van der Waals surface area contributed by atoms with Crippen LogP contribution < -0.4 is 9.47 Å². The third-order valence-corrected chi connectivity index (χ3v) is 4.09. The Kier molecular flexibility index (Phi) is 3.47. The summed E-state index contributed by atoms with van der Waals surface area (Å²) < 4.78 is 16.1. The fourth-order valence-corrected chi connectivity index (χ4v) is 3.18. The van der Waals surface area contributed by atoms with Crippen molar-refractivity contribution < 1.29 is 19.0 Å². The standard InChI is InChI=1S/C15H17NO4/c1-18-8-11-6-13-14(20-10-19-13)7-12(11)15(16-9-17)4-2-3-5-15/h6-7H,2-5,8,10H2,1H3. The van der Waals surface area contributed by atoms with E-state index in [1.165, 1.54) is 0 Å². The second-order valence-electron chi connectivity index (χ2n) is 5.24. The van der Waals surface area contributed by atoms with Crippen molar-refractivity contribution in [1.29, 1.82) is 0 Å². The van der Waals surface area contributed by atoms with Gasteiger partial charge in [0.05, 0.1) is 12.1 Å². The smallest absolute Gasteiger partial charge is 0.235 e. The van der Waals surface area contributed by atoms with Crippen molar-refractivity contribution >= 4 is 6.08 Å². The topological polar surface area (TPSA) is 57.1 Å². The molecule has 1 aromatic carbocycles. The lowest BCUT2D eigenvalue weighted by atomic mass is 9.85. The van der Waals surface area contributed by atoms with Crippen molar-refractivity contribution in [2.24, 2.45) is 4.99 Å². The normalized spacial score (nSPS) is 18.9. The van der Waals surface area contributed by atoms with Gasteiger partial charge in [0, 0.05) is 7.11 Å². The van der Waals surface area contributed by atoms with Gasteiger partial charge in [0.25, 0.3) is 0 Å². The van der Waals surface area contributed by atoms with Gasteiger partial charge in [-0.05, 0) is 36.1 Å². The molecule has 1 aliphatic heterocycles. The van der Waals surface area contributed by atoms with Gasteiger partial charge in [-0.2, -0.15) is 4.99 Å². The van der Waals surface area contributed by atoms with Gasteiger partial charge in [0.2, 0.25) is 12.9 Å². The highest BCUT2D eigenvalue weighted by molar-refractivity contribution is 5.52. The molecule has 0 atom stereocenters. The Bertz CT molecular complexity index is 557. The summed E-state index contributed by atoms with van der Waals surface area (Å²) in [5, 5.41) is 0. The summed E-state index contributed by atoms with van der Waals surface area (Å²) >= 11 is 0. The number of methoxy groups -OCH3 is 1. The molecule has 106 valence electrons. The number of ether oxygens (including phenoxy) is 3. The molecule has 0 aromatic heterocycles. The van der Waals surface area contributed by atoms with Crippen LogP contribution in [-0.4, -0.2) is 20.0 Å². The molecule has 1 aromatic rings. The fraction of sp³-hybridized carbons (Fsp3) is 0.533. The average molecular weight is 275 g/mol. The fourth-order valence-electron chi connectivity index (χ4n) is 3.18. The first-order valence-electron chi connectivity index (χ1n) is 6.80. The summed E-state index contributed by atoms with van der Waals surface area (Å²) in [7, 11) is 1.65. The van der Waals surface area contributed by atoms with Crippen LogP contribution in [0.25, 0.3) is 0 Å². The van der Waals surface area contributed by atoms with Crippen LogP contribution in [-0.2, 0) is 21.7 Å². The zero-order valence-corrected chi connectivity index (χ0v) is 11.5. The van der Waals surface area contributed by atoms with Crippen molar-refractivity contribution in [2.45, 2.75) is 37.8 Å². The Morgan fingerprint density at radius 1 is 1.30 bits per heavy atom. The first-order valence-corrected chi connectivity index (χ1v) is 6.80. The Balaban J connectivity index is 2.12. The third-order valence-electron chi connectivity index (χ3n) is 4.09. The molecule has 1 saturated carbocycles. The molecule has 20 heavy (non-hydrogen) atoms. The number of fused-ring (bicyclic) bond motifs is 1. The second-order valence-corrected chi connectivity index (χ2v) is 5.24. The number of hydrogen-bond acceptors (Lipinski definition) is 5. The van der Waals surface area contributed by atoms with Crippen LogP contribution in [0.4, 0.5) is 0 Å².